The van der Waals surface area contributed by atoms with E-state index in [1.807, 2.05) is 0 Å². The molecule has 0 spiro atoms. The number of benzene rings is 1. The van der Waals surface area contributed by atoms with Gasteiger partial charge in [-0.2, -0.15) is 0 Å². The molecule has 0 fully saturated rings. The van der Waals surface area contributed by atoms with E-state index in [-0.39, 0.29) is 18.4 Å². The Balaban J connectivity index is 2.30. The van der Waals surface area contributed by atoms with Gasteiger partial charge < -0.3 is 9.15 Å². The molecule has 0 radical (unpaired) electrons. The van der Waals surface area contributed by atoms with Crippen molar-refractivity contribution in [1.82, 2.24) is 10.2 Å². The molecule has 2 rings (SSSR count). The van der Waals surface area contributed by atoms with E-state index >= 15 is 0 Å². The second kappa shape index (κ2) is 4.97. The molecule has 2 aromatic rings. The van der Waals surface area contributed by atoms with Gasteiger partial charge in [0.25, 0.3) is 0 Å². The first-order chi connectivity index (χ1) is 8.22. The average Bonchev–Trinajstić information content (AvgIpc) is 2.79. The van der Waals surface area contributed by atoms with Crippen LogP contribution in [0.2, 0.25) is 5.02 Å². The molecule has 0 aliphatic carbocycles. The van der Waals surface area contributed by atoms with Gasteiger partial charge in [-0.1, -0.05) is 23.7 Å². The van der Waals surface area contributed by atoms with Gasteiger partial charge in [-0.15, -0.1) is 10.2 Å². The highest BCUT2D eigenvalue weighted by atomic mass is 35.5. The van der Waals surface area contributed by atoms with Crippen LogP contribution < -0.4 is 0 Å². The Morgan fingerprint density at radius 3 is 2.88 bits per heavy atom. The first-order valence-electron chi connectivity index (χ1n) is 4.98. The molecule has 0 aliphatic rings. The number of nitrogens with zero attached hydrogens (tertiary/aromatic N) is 2. The first-order valence-corrected chi connectivity index (χ1v) is 5.35. The minimum absolute atomic E-state index is 0.179. The third-order valence-electron chi connectivity index (χ3n) is 1.98. The van der Waals surface area contributed by atoms with Gasteiger partial charge in [0.05, 0.1) is 17.2 Å². The van der Waals surface area contributed by atoms with Gasteiger partial charge in [0.1, 0.15) is 0 Å². The summed E-state index contributed by atoms with van der Waals surface area (Å²) in [4.78, 5) is 11.3. The maximum absolute atomic E-state index is 11.3. The van der Waals surface area contributed by atoms with E-state index in [0.717, 1.165) is 0 Å². The van der Waals surface area contributed by atoms with Crippen molar-refractivity contribution in [3.8, 4) is 11.5 Å². The lowest BCUT2D eigenvalue weighted by Gasteiger charge is -1.97. The number of hydrogen-bond donors (Lipinski definition) is 0. The minimum Gasteiger partial charge on any atom is -0.459 e. The molecule has 88 valence electrons. The molecule has 0 saturated carbocycles. The van der Waals surface area contributed by atoms with E-state index < -0.39 is 5.97 Å². The molecule has 0 atom stereocenters. The van der Waals surface area contributed by atoms with Crippen LogP contribution in [-0.4, -0.2) is 22.8 Å². The fourth-order valence-corrected chi connectivity index (χ4v) is 1.46. The number of hydrogen-bond acceptors (Lipinski definition) is 5. The summed E-state index contributed by atoms with van der Waals surface area (Å²) in [6, 6.07) is 7.00. The van der Waals surface area contributed by atoms with E-state index in [4.69, 9.17) is 20.8 Å². The van der Waals surface area contributed by atoms with Crippen molar-refractivity contribution < 1.29 is 13.9 Å². The number of halogens is 1. The van der Waals surface area contributed by atoms with Gasteiger partial charge in [-0.3, -0.25) is 0 Å². The number of carbonyl (C=O) groups is 1. The Labute approximate surface area is 102 Å². The molecular formula is C11H9ClN2O3. The number of rotatable bonds is 3. The lowest BCUT2D eigenvalue weighted by Crippen LogP contribution is -2.04. The molecular weight excluding hydrogens is 244 g/mol. The van der Waals surface area contributed by atoms with Gasteiger partial charge in [0.15, 0.2) is 0 Å². The van der Waals surface area contributed by atoms with Crippen LogP contribution in [0.1, 0.15) is 17.6 Å². The molecule has 0 aliphatic heterocycles. The number of ether oxygens (including phenoxy) is 1. The fraction of sp³-hybridized carbons (Fsp3) is 0.182. The predicted octanol–water partition coefficient (Wildman–Crippen LogP) is 2.57. The monoisotopic (exact) mass is 252 g/mol. The van der Waals surface area contributed by atoms with Crippen molar-refractivity contribution in [2.45, 2.75) is 6.92 Å². The zero-order valence-corrected chi connectivity index (χ0v) is 9.77. The normalized spacial score (nSPS) is 10.2. The number of carbonyl (C=O) groups excluding carboxylic acids is 1. The molecule has 0 unspecified atom stereocenters. The van der Waals surface area contributed by atoms with Gasteiger partial charge in [0, 0.05) is 0 Å². The molecule has 0 saturated heterocycles. The zero-order valence-electron chi connectivity index (χ0n) is 9.01. The number of aromatic nitrogens is 2. The van der Waals surface area contributed by atoms with Gasteiger partial charge in [-0.05, 0) is 19.1 Å². The van der Waals surface area contributed by atoms with Gasteiger partial charge in [0.2, 0.25) is 5.89 Å². The second-order valence-corrected chi connectivity index (χ2v) is 3.52. The molecule has 0 N–H and O–H groups in total. The van der Waals surface area contributed by atoms with Crippen molar-refractivity contribution in [3.05, 3.63) is 35.2 Å². The topological polar surface area (TPSA) is 65.2 Å². The molecule has 5 nitrogen and oxygen atoms in total. The predicted molar refractivity (Wildman–Crippen MR) is 60.7 cm³/mol. The highest BCUT2D eigenvalue weighted by molar-refractivity contribution is 6.33. The summed E-state index contributed by atoms with van der Waals surface area (Å²) >= 11 is 5.96. The Bertz CT molecular complexity index is 539. The van der Waals surface area contributed by atoms with Crippen molar-refractivity contribution in [2.75, 3.05) is 6.61 Å². The van der Waals surface area contributed by atoms with E-state index in [9.17, 15) is 4.79 Å². The Kier molecular flexibility index (Phi) is 3.39. The summed E-state index contributed by atoms with van der Waals surface area (Å²) in [5.41, 5.74) is 0.581. The molecule has 0 bridgehead atoms. The SMILES string of the molecule is CCOC(=O)c1nnc(-c2ccccc2Cl)o1. The molecule has 17 heavy (non-hydrogen) atoms. The van der Waals surface area contributed by atoms with Crippen LogP contribution in [0.4, 0.5) is 0 Å². The Morgan fingerprint density at radius 1 is 1.41 bits per heavy atom. The van der Waals surface area contributed by atoms with Crippen molar-refractivity contribution in [1.29, 1.82) is 0 Å². The highest BCUT2D eigenvalue weighted by Crippen LogP contribution is 2.26. The van der Waals surface area contributed by atoms with Crippen molar-refractivity contribution in [2.24, 2.45) is 0 Å². The third-order valence-corrected chi connectivity index (χ3v) is 2.31. The largest absolute Gasteiger partial charge is 0.459 e. The summed E-state index contributed by atoms with van der Waals surface area (Å²) in [6.45, 7) is 1.95. The fourth-order valence-electron chi connectivity index (χ4n) is 1.24. The third kappa shape index (κ3) is 2.45. The summed E-state index contributed by atoms with van der Waals surface area (Å²) in [5.74, 6) is -0.626. The average molecular weight is 253 g/mol. The van der Waals surface area contributed by atoms with Crippen molar-refractivity contribution in [3.63, 3.8) is 0 Å². The standard InChI is InChI=1S/C11H9ClN2O3/c1-2-16-11(15)10-14-13-9(17-10)7-5-3-4-6-8(7)12/h3-6H,2H2,1H3. The van der Waals surface area contributed by atoms with Crippen LogP contribution in [0.3, 0.4) is 0 Å². The van der Waals surface area contributed by atoms with E-state index in [1.54, 1.807) is 31.2 Å². The summed E-state index contributed by atoms with van der Waals surface area (Å²) in [6.07, 6.45) is 0. The van der Waals surface area contributed by atoms with Gasteiger partial charge >= 0.3 is 11.9 Å². The van der Waals surface area contributed by atoms with E-state index in [0.29, 0.717) is 10.6 Å². The summed E-state index contributed by atoms with van der Waals surface area (Å²) in [7, 11) is 0. The van der Waals surface area contributed by atoms with Crippen LogP contribution in [0.15, 0.2) is 28.7 Å². The maximum atomic E-state index is 11.3. The lowest BCUT2D eigenvalue weighted by atomic mass is 10.2. The van der Waals surface area contributed by atoms with Crippen molar-refractivity contribution >= 4 is 17.6 Å². The number of esters is 1. The molecule has 1 aromatic carbocycles. The molecule has 1 aromatic heterocycles. The molecule has 0 amide bonds. The lowest BCUT2D eigenvalue weighted by molar-refractivity contribution is 0.0481. The van der Waals surface area contributed by atoms with Crippen LogP contribution in [0, 0.1) is 0 Å². The van der Waals surface area contributed by atoms with Crippen LogP contribution >= 0.6 is 11.6 Å². The summed E-state index contributed by atoms with van der Waals surface area (Å²) in [5, 5.41) is 7.83. The smallest absolute Gasteiger partial charge is 0.396 e. The van der Waals surface area contributed by atoms with E-state index in [2.05, 4.69) is 10.2 Å². The Hall–Kier alpha value is -1.88. The first kappa shape index (κ1) is 11.6. The summed E-state index contributed by atoms with van der Waals surface area (Å²) < 4.78 is 9.92. The minimum atomic E-state index is -0.640. The Morgan fingerprint density at radius 2 is 2.18 bits per heavy atom. The highest BCUT2D eigenvalue weighted by Gasteiger charge is 2.17. The molecule has 1 heterocycles. The maximum Gasteiger partial charge on any atom is 0.396 e. The zero-order chi connectivity index (χ0) is 12.3. The van der Waals surface area contributed by atoms with Crippen LogP contribution in [0.5, 0.6) is 0 Å². The van der Waals surface area contributed by atoms with Crippen LogP contribution in [0.25, 0.3) is 11.5 Å². The second-order valence-electron chi connectivity index (χ2n) is 3.11. The van der Waals surface area contributed by atoms with Crippen LogP contribution in [-0.2, 0) is 4.74 Å². The van der Waals surface area contributed by atoms with E-state index in [1.165, 1.54) is 0 Å². The molecule has 6 heteroatoms. The quantitative estimate of drug-likeness (QED) is 0.786. The van der Waals surface area contributed by atoms with Gasteiger partial charge in [-0.25, -0.2) is 4.79 Å².